The number of aliphatic hydroxyl groups is 1. The maximum absolute atomic E-state index is 10.1. The van der Waals surface area contributed by atoms with E-state index in [-0.39, 0.29) is 6.61 Å². The van der Waals surface area contributed by atoms with E-state index in [0.717, 1.165) is 17.0 Å². The first kappa shape index (κ1) is 15.9. The van der Waals surface area contributed by atoms with Crippen LogP contribution in [-0.4, -0.2) is 27.6 Å². The molecule has 4 nitrogen and oxygen atoms in total. The van der Waals surface area contributed by atoms with E-state index in [9.17, 15) is 5.11 Å². The summed E-state index contributed by atoms with van der Waals surface area (Å²) in [5, 5.41) is 14.8. The quantitative estimate of drug-likeness (QED) is 0.889. The molecule has 0 aliphatic carbocycles. The zero-order chi connectivity index (χ0) is 15.4. The molecular formula is C16H21ClN2O2. The highest BCUT2D eigenvalue weighted by molar-refractivity contribution is 6.31. The third-order valence-corrected chi connectivity index (χ3v) is 3.77. The summed E-state index contributed by atoms with van der Waals surface area (Å²) in [7, 11) is 0. The lowest BCUT2D eigenvalue weighted by atomic mass is 10.0. The van der Waals surface area contributed by atoms with Crippen LogP contribution in [0.4, 0.5) is 0 Å². The van der Waals surface area contributed by atoms with Crippen molar-refractivity contribution in [1.82, 2.24) is 9.78 Å². The molecular weight excluding hydrogens is 288 g/mol. The highest BCUT2D eigenvalue weighted by Crippen LogP contribution is 2.26. The van der Waals surface area contributed by atoms with E-state index in [1.165, 1.54) is 0 Å². The summed E-state index contributed by atoms with van der Waals surface area (Å²) < 4.78 is 7.44. The van der Waals surface area contributed by atoms with Crippen molar-refractivity contribution < 1.29 is 9.84 Å². The summed E-state index contributed by atoms with van der Waals surface area (Å²) in [4.78, 5) is 0. The molecule has 2 rings (SSSR count). The lowest BCUT2D eigenvalue weighted by Crippen LogP contribution is -2.25. The van der Waals surface area contributed by atoms with Gasteiger partial charge < -0.3 is 9.84 Å². The Labute approximate surface area is 130 Å². The predicted octanol–water partition coefficient (Wildman–Crippen LogP) is 3.41. The fourth-order valence-corrected chi connectivity index (χ4v) is 2.28. The standard InChI is InChI=1S/C16H21ClN2O2/c1-11(2)14-6-4-5-7-16(14)21-10-13(20)9-19-12(3)15(17)8-18-19/h4-8,11,13,20H,9-10H2,1-3H3. The average Bonchev–Trinajstić information content (AvgIpc) is 2.77. The highest BCUT2D eigenvalue weighted by atomic mass is 35.5. The van der Waals surface area contributed by atoms with Crippen LogP contribution in [0.1, 0.15) is 31.0 Å². The third-order valence-electron chi connectivity index (χ3n) is 3.40. The number of ether oxygens (including phenoxy) is 1. The maximum atomic E-state index is 10.1. The van der Waals surface area contributed by atoms with E-state index in [1.54, 1.807) is 10.9 Å². The van der Waals surface area contributed by atoms with Crippen LogP contribution in [0.5, 0.6) is 5.75 Å². The second kappa shape index (κ2) is 6.96. The molecule has 0 fully saturated rings. The second-order valence-electron chi connectivity index (χ2n) is 5.42. The first-order chi connectivity index (χ1) is 9.99. The Morgan fingerprint density at radius 2 is 2.05 bits per heavy atom. The summed E-state index contributed by atoms with van der Waals surface area (Å²) >= 11 is 5.95. The van der Waals surface area contributed by atoms with Crippen molar-refractivity contribution in [1.29, 1.82) is 0 Å². The highest BCUT2D eigenvalue weighted by Gasteiger charge is 2.12. The van der Waals surface area contributed by atoms with Gasteiger partial charge in [0.15, 0.2) is 0 Å². The fourth-order valence-electron chi connectivity index (χ4n) is 2.14. The molecule has 0 saturated heterocycles. The van der Waals surface area contributed by atoms with E-state index in [2.05, 4.69) is 18.9 Å². The molecule has 1 heterocycles. The summed E-state index contributed by atoms with van der Waals surface area (Å²) in [6.07, 6.45) is 0.943. The number of hydrogen-bond donors (Lipinski definition) is 1. The molecule has 0 bridgehead atoms. The maximum Gasteiger partial charge on any atom is 0.122 e. The van der Waals surface area contributed by atoms with Crippen LogP contribution in [-0.2, 0) is 6.54 Å². The lowest BCUT2D eigenvalue weighted by Gasteiger charge is -2.17. The van der Waals surface area contributed by atoms with Crippen LogP contribution in [0.2, 0.25) is 5.02 Å². The van der Waals surface area contributed by atoms with Crippen LogP contribution in [0.15, 0.2) is 30.5 Å². The summed E-state index contributed by atoms with van der Waals surface area (Å²) in [6, 6.07) is 7.90. The topological polar surface area (TPSA) is 47.3 Å². The Morgan fingerprint density at radius 3 is 2.67 bits per heavy atom. The Balaban J connectivity index is 1.95. The summed E-state index contributed by atoms with van der Waals surface area (Å²) in [5.41, 5.74) is 1.99. The van der Waals surface area contributed by atoms with Crippen LogP contribution >= 0.6 is 11.6 Å². The van der Waals surface area contributed by atoms with E-state index in [1.807, 2.05) is 31.2 Å². The van der Waals surface area contributed by atoms with Crippen LogP contribution in [0.25, 0.3) is 0 Å². The number of rotatable bonds is 6. The van der Waals surface area contributed by atoms with Gasteiger partial charge in [0.05, 0.1) is 23.5 Å². The Morgan fingerprint density at radius 1 is 1.33 bits per heavy atom. The molecule has 1 aromatic carbocycles. The zero-order valence-corrected chi connectivity index (χ0v) is 13.3. The van der Waals surface area contributed by atoms with E-state index >= 15 is 0 Å². The van der Waals surface area contributed by atoms with E-state index < -0.39 is 6.10 Å². The molecule has 1 unspecified atom stereocenters. The molecule has 0 spiro atoms. The summed E-state index contributed by atoms with van der Waals surface area (Å²) in [6.45, 7) is 6.70. The van der Waals surface area contributed by atoms with Crippen molar-refractivity contribution in [3.05, 3.63) is 46.7 Å². The average molecular weight is 309 g/mol. The normalized spacial score (nSPS) is 12.7. The van der Waals surface area contributed by atoms with Gasteiger partial charge in [-0.2, -0.15) is 5.10 Å². The molecule has 0 aliphatic heterocycles. The van der Waals surface area contributed by atoms with Gasteiger partial charge in [0.25, 0.3) is 0 Å². The van der Waals surface area contributed by atoms with Gasteiger partial charge >= 0.3 is 0 Å². The van der Waals surface area contributed by atoms with Gasteiger partial charge in [-0.05, 0) is 24.5 Å². The van der Waals surface area contributed by atoms with E-state index in [4.69, 9.17) is 16.3 Å². The Bertz CT molecular complexity index is 596. The number of aromatic nitrogens is 2. The predicted molar refractivity (Wildman–Crippen MR) is 84.0 cm³/mol. The minimum atomic E-state index is -0.639. The van der Waals surface area contributed by atoms with Gasteiger partial charge in [0.1, 0.15) is 18.5 Å². The van der Waals surface area contributed by atoms with Crippen molar-refractivity contribution in [2.24, 2.45) is 0 Å². The van der Waals surface area contributed by atoms with Gasteiger partial charge in [-0.1, -0.05) is 43.6 Å². The smallest absolute Gasteiger partial charge is 0.122 e. The van der Waals surface area contributed by atoms with Crippen LogP contribution in [0, 0.1) is 6.92 Å². The van der Waals surface area contributed by atoms with Crippen molar-refractivity contribution in [2.45, 2.75) is 39.3 Å². The van der Waals surface area contributed by atoms with Crippen molar-refractivity contribution in [2.75, 3.05) is 6.61 Å². The molecule has 1 N–H and O–H groups in total. The van der Waals surface area contributed by atoms with Crippen molar-refractivity contribution in [3.63, 3.8) is 0 Å². The fraction of sp³-hybridized carbons (Fsp3) is 0.438. The van der Waals surface area contributed by atoms with Gasteiger partial charge in [-0.3, -0.25) is 4.68 Å². The zero-order valence-electron chi connectivity index (χ0n) is 12.6. The first-order valence-electron chi connectivity index (χ1n) is 7.06. The monoisotopic (exact) mass is 308 g/mol. The second-order valence-corrected chi connectivity index (χ2v) is 5.82. The number of aliphatic hydroxyl groups excluding tert-OH is 1. The van der Waals surface area contributed by atoms with E-state index in [0.29, 0.717) is 17.5 Å². The minimum absolute atomic E-state index is 0.223. The van der Waals surface area contributed by atoms with Gasteiger partial charge in [0.2, 0.25) is 0 Å². The largest absolute Gasteiger partial charge is 0.491 e. The van der Waals surface area contributed by atoms with Crippen LogP contribution in [0.3, 0.4) is 0 Å². The molecule has 114 valence electrons. The summed E-state index contributed by atoms with van der Waals surface area (Å²) in [5.74, 6) is 1.20. The lowest BCUT2D eigenvalue weighted by molar-refractivity contribution is 0.0882. The molecule has 21 heavy (non-hydrogen) atoms. The number of halogens is 1. The molecule has 1 aromatic heterocycles. The SMILES string of the molecule is Cc1c(Cl)cnn1CC(O)COc1ccccc1C(C)C. The number of hydrogen-bond acceptors (Lipinski definition) is 3. The van der Waals surface area contributed by atoms with Crippen molar-refractivity contribution in [3.8, 4) is 5.75 Å². The molecule has 5 heteroatoms. The third kappa shape index (κ3) is 3.99. The molecule has 0 amide bonds. The number of nitrogens with zero attached hydrogens (tertiary/aromatic N) is 2. The Kier molecular flexibility index (Phi) is 5.26. The molecule has 1 atom stereocenters. The minimum Gasteiger partial charge on any atom is -0.491 e. The van der Waals surface area contributed by atoms with Gasteiger partial charge in [0, 0.05) is 0 Å². The van der Waals surface area contributed by atoms with Crippen molar-refractivity contribution >= 4 is 11.6 Å². The first-order valence-corrected chi connectivity index (χ1v) is 7.44. The van der Waals surface area contributed by atoms with Crippen LogP contribution < -0.4 is 4.74 Å². The number of benzene rings is 1. The molecule has 0 radical (unpaired) electrons. The molecule has 2 aromatic rings. The number of para-hydroxylation sites is 1. The Hall–Kier alpha value is -1.52. The van der Waals surface area contributed by atoms with Gasteiger partial charge in [-0.25, -0.2) is 0 Å². The molecule has 0 saturated carbocycles. The molecule has 0 aliphatic rings. The van der Waals surface area contributed by atoms with Gasteiger partial charge in [-0.15, -0.1) is 0 Å².